The first-order valence-corrected chi connectivity index (χ1v) is 3.76. The van der Waals surface area contributed by atoms with E-state index in [1.165, 1.54) is 24.8 Å². The molecule has 0 fully saturated rings. The van der Waals surface area contributed by atoms with E-state index in [4.69, 9.17) is 0 Å². The first-order valence-electron chi connectivity index (χ1n) is 3.76. The van der Waals surface area contributed by atoms with Gasteiger partial charge < -0.3 is 14.9 Å². The van der Waals surface area contributed by atoms with Gasteiger partial charge >= 0.3 is 5.95 Å². The number of nitrogens with zero attached hydrogens (tertiary/aromatic N) is 3. The second-order valence-corrected chi connectivity index (χ2v) is 2.63. The summed E-state index contributed by atoms with van der Waals surface area (Å²) in [5.74, 6) is -0.221. The van der Waals surface area contributed by atoms with Crippen LogP contribution in [-0.2, 0) is 11.3 Å². The van der Waals surface area contributed by atoms with E-state index in [-0.39, 0.29) is 18.1 Å². The molecule has 0 radical (unpaired) electrons. The van der Waals surface area contributed by atoms with E-state index >= 15 is 0 Å². The van der Waals surface area contributed by atoms with Gasteiger partial charge in [-0.05, 0) is 4.92 Å². The Morgan fingerprint density at radius 3 is 3.00 bits per heavy atom. The fourth-order valence-corrected chi connectivity index (χ4v) is 0.926. The fraction of sp³-hybridized carbons (Fsp3) is 0.333. The Labute approximate surface area is 75.1 Å². The molecule has 6 nitrogen and oxygen atoms in total. The summed E-state index contributed by atoms with van der Waals surface area (Å²) in [5.41, 5.74) is 0.00278. The maximum Gasteiger partial charge on any atom is 0.434 e. The van der Waals surface area contributed by atoms with Gasteiger partial charge in [-0.2, -0.15) is 0 Å². The van der Waals surface area contributed by atoms with Crippen molar-refractivity contribution in [3.63, 3.8) is 0 Å². The summed E-state index contributed by atoms with van der Waals surface area (Å²) in [6.07, 6.45) is 3.12. The van der Waals surface area contributed by atoms with Crippen molar-refractivity contribution < 1.29 is 9.72 Å². The molecule has 0 bridgehead atoms. The lowest BCUT2D eigenvalue weighted by atomic mass is 10.00. The molecule has 0 unspecified atom stereocenters. The van der Waals surface area contributed by atoms with Crippen LogP contribution in [0.3, 0.4) is 0 Å². The number of hydrogen-bond donors (Lipinski definition) is 0. The fourth-order valence-electron chi connectivity index (χ4n) is 0.926. The molecule has 68 valence electrons. The molecule has 1 rings (SSSR count). The van der Waals surface area contributed by atoms with Crippen molar-refractivity contribution in [2.75, 3.05) is 0 Å². The van der Waals surface area contributed by atoms with Crippen LogP contribution in [0.25, 0.3) is 0 Å². The van der Waals surface area contributed by atoms with E-state index in [0.29, 0.717) is 6.54 Å². The normalized spacial score (nSPS) is 9.85. The molecule has 0 aliphatic carbocycles. The van der Waals surface area contributed by atoms with Gasteiger partial charge in [-0.25, -0.2) is 4.57 Å². The van der Waals surface area contributed by atoms with Crippen LogP contribution in [-0.4, -0.2) is 28.0 Å². The van der Waals surface area contributed by atoms with Crippen LogP contribution < -0.4 is 0 Å². The van der Waals surface area contributed by atoms with E-state index in [9.17, 15) is 14.9 Å². The average Bonchev–Trinajstić information content (AvgIpc) is 2.47. The molecule has 0 saturated heterocycles. The molecular weight excluding hydrogens is 173 g/mol. The lowest BCUT2D eigenvalue weighted by molar-refractivity contribution is -0.396. The molecule has 0 spiro atoms. The minimum Gasteiger partial charge on any atom is -0.390 e. The Kier molecular flexibility index (Phi) is 2.78. The van der Waals surface area contributed by atoms with Gasteiger partial charge in [0.2, 0.25) is 0 Å². The molecule has 0 amide bonds. The highest BCUT2D eigenvalue weighted by Gasteiger charge is 2.13. The number of imidazole rings is 1. The van der Waals surface area contributed by atoms with Gasteiger partial charge in [0.15, 0.2) is 7.85 Å². The van der Waals surface area contributed by atoms with Gasteiger partial charge in [0.1, 0.15) is 12.4 Å². The van der Waals surface area contributed by atoms with E-state index < -0.39 is 4.92 Å². The van der Waals surface area contributed by atoms with Crippen LogP contribution in [0.5, 0.6) is 0 Å². The van der Waals surface area contributed by atoms with Gasteiger partial charge in [-0.15, -0.1) is 0 Å². The van der Waals surface area contributed by atoms with Crippen LogP contribution in [0, 0.1) is 10.1 Å². The number of carbonyl (C=O) groups is 1. The first kappa shape index (κ1) is 9.43. The standard InChI is InChI=1S/C6H8BN3O3/c7-5(11)1-3-9-4-2-8-6(9)10(12)13/h2,4H,1,3,7H2. The summed E-state index contributed by atoms with van der Waals surface area (Å²) < 4.78 is 1.35. The quantitative estimate of drug-likeness (QED) is 0.351. The van der Waals surface area contributed by atoms with Gasteiger partial charge in [0.25, 0.3) is 0 Å². The number of aromatic nitrogens is 2. The SMILES string of the molecule is BC(=O)CCn1ccnc1[N+](=O)[O-]. The highest BCUT2D eigenvalue weighted by Crippen LogP contribution is 2.07. The molecule has 13 heavy (non-hydrogen) atoms. The molecule has 0 N–H and O–H groups in total. The summed E-state index contributed by atoms with van der Waals surface area (Å²) in [5, 5.41) is 10.4. The van der Waals surface area contributed by atoms with E-state index in [0.717, 1.165) is 0 Å². The van der Waals surface area contributed by atoms with Crippen molar-refractivity contribution in [2.45, 2.75) is 13.0 Å². The largest absolute Gasteiger partial charge is 0.434 e. The van der Waals surface area contributed by atoms with Gasteiger partial charge in [0.05, 0.1) is 12.2 Å². The Morgan fingerprint density at radius 1 is 1.77 bits per heavy atom. The molecule has 0 saturated carbocycles. The number of carbonyl (C=O) groups excluding carboxylic acids is 1. The molecule has 0 aliphatic heterocycles. The Bertz CT molecular complexity index is 336. The van der Waals surface area contributed by atoms with Crippen molar-refractivity contribution in [2.24, 2.45) is 0 Å². The Balaban J connectivity index is 2.71. The molecule has 1 aromatic heterocycles. The molecule has 0 aromatic carbocycles. The van der Waals surface area contributed by atoms with Crippen LogP contribution in [0.1, 0.15) is 6.42 Å². The summed E-state index contributed by atoms with van der Waals surface area (Å²) in [6, 6.07) is 0. The minimum atomic E-state index is -0.569. The third kappa shape index (κ3) is 2.39. The lowest BCUT2D eigenvalue weighted by Crippen LogP contribution is -2.07. The van der Waals surface area contributed by atoms with Crippen molar-refractivity contribution in [1.82, 2.24) is 9.55 Å². The average molecular weight is 181 g/mol. The van der Waals surface area contributed by atoms with Crippen molar-refractivity contribution in [1.29, 1.82) is 0 Å². The molecule has 0 atom stereocenters. The van der Waals surface area contributed by atoms with Gasteiger partial charge in [-0.1, -0.05) is 4.98 Å². The predicted molar refractivity (Wildman–Crippen MR) is 47.0 cm³/mol. The smallest absolute Gasteiger partial charge is 0.390 e. The van der Waals surface area contributed by atoms with Crippen LogP contribution in [0.4, 0.5) is 5.95 Å². The molecule has 0 aliphatic rings. The zero-order valence-corrected chi connectivity index (χ0v) is 7.14. The highest BCUT2D eigenvalue weighted by atomic mass is 16.6. The zero-order valence-electron chi connectivity index (χ0n) is 7.14. The molecular formula is C6H8BN3O3. The van der Waals surface area contributed by atoms with Gasteiger partial charge in [-0.3, -0.25) is 0 Å². The number of hydrogen-bond acceptors (Lipinski definition) is 4. The Hall–Kier alpha value is -1.66. The third-order valence-corrected chi connectivity index (χ3v) is 1.56. The Morgan fingerprint density at radius 2 is 2.46 bits per heavy atom. The van der Waals surface area contributed by atoms with Crippen molar-refractivity contribution in [3.05, 3.63) is 22.5 Å². The highest BCUT2D eigenvalue weighted by molar-refractivity contribution is 6.57. The molecule has 1 heterocycles. The van der Waals surface area contributed by atoms with E-state index in [1.54, 1.807) is 0 Å². The number of aryl methyl sites for hydroxylation is 1. The molecule has 1 aromatic rings. The zero-order chi connectivity index (χ0) is 9.84. The maximum absolute atomic E-state index is 10.6. The second-order valence-electron chi connectivity index (χ2n) is 2.63. The number of rotatable bonds is 4. The van der Waals surface area contributed by atoms with Crippen LogP contribution in [0.2, 0.25) is 0 Å². The van der Waals surface area contributed by atoms with Crippen molar-refractivity contribution in [3.8, 4) is 0 Å². The minimum absolute atomic E-state index is 0.00278. The van der Waals surface area contributed by atoms with E-state index in [2.05, 4.69) is 4.98 Å². The van der Waals surface area contributed by atoms with Gasteiger partial charge in [0, 0.05) is 6.42 Å². The predicted octanol–water partition coefficient (Wildman–Crippen LogP) is -0.659. The van der Waals surface area contributed by atoms with Crippen LogP contribution >= 0.6 is 0 Å². The first-order chi connectivity index (χ1) is 6.11. The van der Waals surface area contributed by atoms with Crippen LogP contribution in [0.15, 0.2) is 12.4 Å². The third-order valence-electron chi connectivity index (χ3n) is 1.56. The summed E-state index contributed by atoms with van der Waals surface area (Å²) >= 11 is 0. The number of nitro groups is 1. The summed E-state index contributed by atoms with van der Waals surface area (Å²) in [6.45, 7) is 0.311. The monoisotopic (exact) mass is 181 g/mol. The van der Waals surface area contributed by atoms with Crippen molar-refractivity contribution >= 4 is 19.5 Å². The second kappa shape index (κ2) is 3.84. The molecule has 7 heteroatoms. The summed E-state index contributed by atoms with van der Waals surface area (Å²) in [7, 11) is 1.45. The lowest BCUT2D eigenvalue weighted by Gasteiger charge is -1.98. The summed E-state index contributed by atoms with van der Waals surface area (Å²) in [4.78, 5) is 24.0. The topological polar surface area (TPSA) is 78.0 Å². The maximum atomic E-state index is 10.6. The van der Waals surface area contributed by atoms with E-state index in [1.807, 2.05) is 0 Å².